The Morgan fingerprint density at radius 2 is 2.24 bits per heavy atom. The molecule has 0 radical (unpaired) electrons. The van der Waals surface area contributed by atoms with Crippen LogP contribution < -0.4 is 9.47 Å². The quantitative estimate of drug-likeness (QED) is 0.594. The van der Waals surface area contributed by atoms with Gasteiger partial charge in [-0.2, -0.15) is 0 Å². The van der Waals surface area contributed by atoms with E-state index in [1.807, 2.05) is 6.08 Å². The van der Waals surface area contributed by atoms with Crippen LogP contribution in [0.4, 0.5) is 0 Å². The van der Waals surface area contributed by atoms with Crippen molar-refractivity contribution in [2.45, 2.75) is 0 Å². The van der Waals surface area contributed by atoms with Crippen LogP contribution in [0.25, 0.3) is 0 Å². The first-order valence-corrected chi connectivity index (χ1v) is 5.78. The summed E-state index contributed by atoms with van der Waals surface area (Å²) in [5.41, 5.74) is 0.947. The van der Waals surface area contributed by atoms with Gasteiger partial charge < -0.3 is 9.47 Å². The van der Waals surface area contributed by atoms with Crippen molar-refractivity contribution < 1.29 is 9.47 Å². The molecule has 1 aromatic heterocycles. The van der Waals surface area contributed by atoms with Crippen LogP contribution in [0.3, 0.4) is 0 Å². The first kappa shape index (κ1) is 13.5. The molecule has 0 saturated carbocycles. The summed E-state index contributed by atoms with van der Waals surface area (Å²) in [5, 5.41) is 0. The number of hydrogen-bond donors (Lipinski definition) is 0. The highest BCUT2D eigenvalue weighted by molar-refractivity contribution is 9.10. The number of ether oxygens (including phenoxy) is 2. The summed E-state index contributed by atoms with van der Waals surface area (Å²) in [5.74, 6) is 1.19. The average Bonchev–Trinajstić information content (AvgIpc) is 2.35. The number of methoxy groups -OCH3 is 1. The molecule has 4 heteroatoms. The van der Waals surface area contributed by atoms with E-state index in [-0.39, 0.29) is 0 Å². The maximum absolute atomic E-state index is 5.59. The van der Waals surface area contributed by atoms with E-state index in [1.165, 1.54) is 0 Å². The molecule has 0 aliphatic rings. The van der Waals surface area contributed by atoms with Crippen molar-refractivity contribution in [1.82, 2.24) is 4.98 Å². The third kappa shape index (κ3) is 4.07. The highest BCUT2D eigenvalue weighted by Gasteiger charge is 2.04. The summed E-state index contributed by atoms with van der Waals surface area (Å²) in [6, 6.07) is 3.54. The van der Waals surface area contributed by atoms with E-state index in [0.29, 0.717) is 22.8 Å². The number of pyridine rings is 1. The van der Waals surface area contributed by atoms with Gasteiger partial charge in [-0.15, -0.1) is 0 Å². The summed E-state index contributed by atoms with van der Waals surface area (Å²) in [7, 11) is 1.57. The van der Waals surface area contributed by atoms with Gasteiger partial charge in [-0.25, -0.2) is 4.98 Å². The van der Waals surface area contributed by atoms with Gasteiger partial charge in [0, 0.05) is 6.07 Å². The van der Waals surface area contributed by atoms with Crippen molar-refractivity contribution in [2.24, 2.45) is 0 Å². The Bertz CT molecular complexity index is 441. The first-order chi connectivity index (χ1) is 8.21. The Morgan fingerprint density at radius 3 is 2.76 bits per heavy atom. The molecule has 0 saturated heterocycles. The van der Waals surface area contributed by atoms with Crippen LogP contribution in [-0.2, 0) is 0 Å². The van der Waals surface area contributed by atoms with Gasteiger partial charge in [0.25, 0.3) is 0 Å². The van der Waals surface area contributed by atoms with Crippen molar-refractivity contribution >= 4 is 15.9 Å². The molecule has 0 N–H and O–H groups in total. The molecule has 0 amide bonds. The molecule has 1 heterocycles. The van der Waals surface area contributed by atoms with Crippen LogP contribution in [0.1, 0.15) is 0 Å². The molecule has 0 aromatic carbocycles. The molecule has 0 spiro atoms. The Labute approximate surface area is 110 Å². The van der Waals surface area contributed by atoms with Gasteiger partial charge >= 0.3 is 0 Å². The van der Waals surface area contributed by atoms with E-state index < -0.39 is 0 Å². The lowest BCUT2D eigenvalue weighted by molar-refractivity contribution is 0.346. The maximum Gasteiger partial charge on any atom is 0.214 e. The molecular weight excluding hydrogens is 282 g/mol. The van der Waals surface area contributed by atoms with Gasteiger partial charge in [0.05, 0.1) is 7.11 Å². The Kier molecular flexibility index (Phi) is 5.49. The average molecular weight is 296 g/mol. The van der Waals surface area contributed by atoms with Crippen LogP contribution in [0.2, 0.25) is 0 Å². The third-order valence-electron chi connectivity index (χ3n) is 1.99. The zero-order valence-electron chi connectivity index (χ0n) is 9.65. The lowest BCUT2D eigenvalue weighted by Crippen LogP contribution is -2.01. The van der Waals surface area contributed by atoms with Gasteiger partial charge in [0.2, 0.25) is 5.88 Å². The molecule has 1 aromatic rings. The molecule has 0 bridgehead atoms. The number of allylic oxidation sites excluding steroid dienone is 2. The smallest absolute Gasteiger partial charge is 0.214 e. The fourth-order valence-electron chi connectivity index (χ4n) is 1.11. The monoisotopic (exact) mass is 295 g/mol. The van der Waals surface area contributed by atoms with Crippen molar-refractivity contribution in [3.8, 4) is 11.6 Å². The van der Waals surface area contributed by atoms with Crippen molar-refractivity contribution in [2.75, 3.05) is 13.7 Å². The number of aromatic nitrogens is 1. The predicted molar refractivity (Wildman–Crippen MR) is 72.5 cm³/mol. The SMILES string of the molecule is C=C/C=C(\C=C)COc1ccc(OC)nc1Br. The van der Waals surface area contributed by atoms with Gasteiger partial charge in [-0.05, 0) is 27.6 Å². The van der Waals surface area contributed by atoms with Gasteiger partial charge in [-0.1, -0.05) is 31.4 Å². The van der Waals surface area contributed by atoms with E-state index in [1.54, 1.807) is 31.4 Å². The molecule has 1 rings (SSSR count). The van der Waals surface area contributed by atoms with Gasteiger partial charge in [0.1, 0.15) is 6.61 Å². The fraction of sp³-hybridized carbons (Fsp3) is 0.154. The summed E-state index contributed by atoms with van der Waals surface area (Å²) < 4.78 is 11.2. The summed E-state index contributed by atoms with van der Waals surface area (Å²) in [6.07, 6.45) is 5.27. The largest absolute Gasteiger partial charge is 0.486 e. The minimum atomic E-state index is 0.419. The lowest BCUT2D eigenvalue weighted by atomic mass is 10.2. The molecule has 0 aliphatic carbocycles. The third-order valence-corrected chi connectivity index (χ3v) is 2.55. The highest BCUT2D eigenvalue weighted by Crippen LogP contribution is 2.25. The van der Waals surface area contributed by atoms with Crippen LogP contribution in [0, 0.1) is 0 Å². The zero-order valence-corrected chi connectivity index (χ0v) is 11.2. The van der Waals surface area contributed by atoms with Crippen LogP contribution in [0.5, 0.6) is 11.6 Å². The van der Waals surface area contributed by atoms with Crippen LogP contribution in [-0.4, -0.2) is 18.7 Å². The minimum absolute atomic E-state index is 0.419. The maximum atomic E-state index is 5.59. The Balaban J connectivity index is 2.72. The molecule has 0 atom stereocenters. The van der Waals surface area contributed by atoms with Gasteiger partial charge in [-0.3, -0.25) is 0 Å². The van der Waals surface area contributed by atoms with E-state index in [0.717, 1.165) is 5.57 Å². The summed E-state index contributed by atoms with van der Waals surface area (Å²) >= 11 is 3.32. The second-order valence-corrected chi connectivity index (χ2v) is 3.86. The number of halogens is 1. The first-order valence-electron chi connectivity index (χ1n) is 4.98. The standard InChI is InChI=1S/C13H14BrNO2/c1-4-6-10(5-2)9-17-11-7-8-12(16-3)15-13(11)14/h4-8H,1-2,9H2,3H3/b10-6+. The number of rotatable bonds is 6. The predicted octanol–water partition coefficient (Wildman–Crippen LogP) is 3.53. The van der Waals surface area contributed by atoms with E-state index in [4.69, 9.17) is 9.47 Å². The zero-order chi connectivity index (χ0) is 12.7. The van der Waals surface area contributed by atoms with E-state index in [9.17, 15) is 0 Å². The summed E-state index contributed by atoms with van der Waals surface area (Å²) in [4.78, 5) is 4.15. The molecule has 3 nitrogen and oxygen atoms in total. The van der Waals surface area contributed by atoms with Crippen LogP contribution in [0.15, 0.2) is 53.7 Å². The van der Waals surface area contributed by atoms with Crippen molar-refractivity contribution in [3.05, 3.63) is 53.7 Å². The van der Waals surface area contributed by atoms with E-state index in [2.05, 4.69) is 34.1 Å². The molecule has 0 aliphatic heterocycles. The lowest BCUT2D eigenvalue weighted by Gasteiger charge is -2.08. The molecule has 0 fully saturated rings. The molecule has 0 unspecified atom stereocenters. The number of nitrogens with zero attached hydrogens (tertiary/aromatic N) is 1. The number of hydrogen-bond acceptors (Lipinski definition) is 3. The molecule has 17 heavy (non-hydrogen) atoms. The fourth-order valence-corrected chi connectivity index (χ4v) is 1.54. The molecule has 90 valence electrons. The summed E-state index contributed by atoms with van der Waals surface area (Å²) in [6.45, 7) is 7.74. The Morgan fingerprint density at radius 1 is 1.47 bits per heavy atom. The molecular formula is C13H14BrNO2. The minimum Gasteiger partial charge on any atom is -0.486 e. The highest BCUT2D eigenvalue weighted by atomic mass is 79.9. The Hall–Kier alpha value is -1.55. The van der Waals surface area contributed by atoms with Crippen molar-refractivity contribution in [3.63, 3.8) is 0 Å². The van der Waals surface area contributed by atoms with Gasteiger partial charge in [0.15, 0.2) is 10.4 Å². The second-order valence-electron chi connectivity index (χ2n) is 3.11. The van der Waals surface area contributed by atoms with E-state index >= 15 is 0 Å². The van der Waals surface area contributed by atoms with Crippen molar-refractivity contribution in [1.29, 1.82) is 0 Å². The van der Waals surface area contributed by atoms with Crippen LogP contribution >= 0.6 is 15.9 Å². The second kappa shape index (κ2) is 6.91. The normalized spacial score (nSPS) is 10.8. The topological polar surface area (TPSA) is 31.4 Å².